The smallest absolute Gasteiger partial charge is 0.262 e. The number of benzene rings is 1. The summed E-state index contributed by atoms with van der Waals surface area (Å²) in [7, 11) is 1.38. The maximum absolute atomic E-state index is 13.6. The first-order valence-corrected chi connectivity index (χ1v) is 4.85. The van der Waals surface area contributed by atoms with Crippen LogP contribution in [0.3, 0.4) is 0 Å². The minimum atomic E-state index is -0.634. The second kappa shape index (κ2) is 4.65. The number of methoxy groups -OCH3 is 1. The molecule has 0 atom stereocenters. The number of hydrogen-bond acceptors (Lipinski definition) is 3. The molecule has 1 aromatic carbocycles. The fourth-order valence-corrected chi connectivity index (χ4v) is 1.41. The monoisotopic (exact) mass is 235 g/mol. The zero-order valence-electron chi connectivity index (χ0n) is 9.03. The van der Waals surface area contributed by atoms with Crippen LogP contribution in [0, 0.1) is 5.82 Å². The summed E-state index contributed by atoms with van der Waals surface area (Å²) in [6.45, 7) is 0. The largest absolute Gasteiger partial charge is 0.496 e. The third kappa shape index (κ3) is 2.25. The Morgan fingerprint density at radius 1 is 1.53 bits per heavy atom. The maximum Gasteiger partial charge on any atom is 0.262 e. The van der Waals surface area contributed by atoms with Crippen molar-refractivity contribution in [3.05, 3.63) is 42.0 Å². The molecule has 2 N–H and O–H groups in total. The summed E-state index contributed by atoms with van der Waals surface area (Å²) in [5, 5.41) is 8.71. The predicted molar refractivity (Wildman–Crippen MR) is 59.5 cm³/mol. The van der Waals surface area contributed by atoms with Crippen LogP contribution in [0.1, 0.15) is 10.4 Å². The second-order valence-corrected chi connectivity index (χ2v) is 3.26. The SMILES string of the molecule is COc1cccc(F)c1C(=O)Nc1cn[nH]c1. The number of anilines is 1. The van der Waals surface area contributed by atoms with E-state index >= 15 is 0 Å². The molecule has 0 radical (unpaired) electrons. The lowest BCUT2D eigenvalue weighted by molar-refractivity contribution is 0.102. The number of rotatable bonds is 3. The molecular weight excluding hydrogens is 225 g/mol. The van der Waals surface area contributed by atoms with Crippen molar-refractivity contribution in [2.75, 3.05) is 12.4 Å². The molecule has 0 aliphatic heterocycles. The van der Waals surface area contributed by atoms with Crippen LogP contribution in [-0.2, 0) is 0 Å². The van der Waals surface area contributed by atoms with E-state index in [0.29, 0.717) is 5.69 Å². The van der Waals surface area contributed by atoms with Crippen molar-refractivity contribution >= 4 is 11.6 Å². The molecule has 2 rings (SSSR count). The van der Waals surface area contributed by atoms with Crippen molar-refractivity contribution in [2.24, 2.45) is 0 Å². The molecule has 0 spiro atoms. The molecule has 0 aliphatic rings. The van der Waals surface area contributed by atoms with Gasteiger partial charge in [0.25, 0.3) is 5.91 Å². The summed E-state index contributed by atoms with van der Waals surface area (Å²) >= 11 is 0. The average molecular weight is 235 g/mol. The van der Waals surface area contributed by atoms with Gasteiger partial charge in [-0.3, -0.25) is 9.89 Å². The molecule has 0 saturated carbocycles. The molecule has 17 heavy (non-hydrogen) atoms. The normalized spacial score (nSPS) is 10.0. The lowest BCUT2D eigenvalue weighted by Crippen LogP contribution is -2.14. The highest BCUT2D eigenvalue weighted by atomic mass is 19.1. The second-order valence-electron chi connectivity index (χ2n) is 3.26. The van der Waals surface area contributed by atoms with E-state index in [1.807, 2.05) is 0 Å². The Kier molecular flexibility index (Phi) is 3.04. The van der Waals surface area contributed by atoms with Gasteiger partial charge in [0.15, 0.2) is 0 Å². The van der Waals surface area contributed by atoms with Crippen molar-refractivity contribution in [1.82, 2.24) is 10.2 Å². The highest BCUT2D eigenvalue weighted by molar-refractivity contribution is 6.06. The predicted octanol–water partition coefficient (Wildman–Crippen LogP) is 1.81. The van der Waals surface area contributed by atoms with Gasteiger partial charge in [0.1, 0.15) is 17.1 Å². The third-order valence-corrected chi connectivity index (χ3v) is 2.18. The van der Waals surface area contributed by atoms with Crippen LogP contribution < -0.4 is 10.1 Å². The van der Waals surface area contributed by atoms with Crippen LogP contribution >= 0.6 is 0 Å². The number of nitrogens with one attached hydrogen (secondary N) is 2. The number of nitrogens with zero attached hydrogens (tertiary/aromatic N) is 1. The lowest BCUT2D eigenvalue weighted by atomic mass is 10.1. The number of amides is 1. The van der Waals surface area contributed by atoms with E-state index in [9.17, 15) is 9.18 Å². The number of H-pyrrole nitrogens is 1. The van der Waals surface area contributed by atoms with E-state index in [1.165, 1.54) is 37.7 Å². The van der Waals surface area contributed by atoms with Gasteiger partial charge in [0.05, 0.1) is 19.0 Å². The van der Waals surface area contributed by atoms with Crippen molar-refractivity contribution in [3.63, 3.8) is 0 Å². The Morgan fingerprint density at radius 3 is 3.00 bits per heavy atom. The van der Waals surface area contributed by atoms with Gasteiger partial charge in [-0.1, -0.05) is 6.07 Å². The number of ether oxygens (including phenoxy) is 1. The Morgan fingerprint density at radius 2 is 2.35 bits per heavy atom. The van der Waals surface area contributed by atoms with E-state index in [0.717, 1.165) is 0 Å². The number of aromatic nitrogens is 2. The molecule has 5 nitrogen and oxygen atoms in total. The zero-order chi connectivity index (χ0) is 12.3. The summed E-state index contributed by atoms with van der Waals surface area (Å²) < 4.78 is 18.5. The van der Waals surface area contributed by atoms with Gasteiger partial charge in [-0.05, 0) is 12.1 Å². The first-order chi connectivity index (χ1) is 8.22. The van der Waals surface area contributed by atoms with Crippen LogP contribution in [0.25, 0.3) is 0 Å². The van der Waals surface area contributed by atoms with E-state index in [4.69, 9.17) is 4.74 Å². The first-order valence-electron chi connectivity index (χ1n) is 4.85. The minimum Gasteiger partial charge on any atom is -0.496 e. The molecule has 0 aliphatic carbocycles. The van der Waals surface area contributed by atoms with Crippen molar-refractivity contribution in [2.45, 2.75) is 0 Å². The van der Waals surface area contributed by atoms with E-state index in [2.05, 4.69) is 15.5 Å². The first kappa shape index (κ1) is 11.1. The number of aromatic amines is 1. The number of hydrogen-bond donors (Lipinski definition) is 2. The zero-order valence-corrected chi connectivity index (χ0v) is 9.03. The summed E-state index contributed by atoms with van der Waals surface area (Å²) in [5.41, 5.74) is 0.330. The highest BCUT2D eigenvalue weighted by Crippen LogP contribution is 2.22. The Balaban J connectivity index is 2.30. The molecule has 88 valence electrons. The van der Waals surface area contributed by atoms with E-state index in [-0.39, 0.29) is 11.3 Å². The molecule has 1 heterocycles. The summed E-state index contributed by atoms with van der Waals surface area (Å²) in [5.74, 6) is -1.03. The van der Waals surface area contributed by atoms with Gasteiger partial charge in [-0.25, -0.2) is 4.39 Å². The number of carbonyl (C=O) groups excluding carboxylic acids is 1. The summed E-state index contributed by atoms with van der Waals surface area (Å²) in [6, 6.07) is 4.20. The van der Waals surface area contributed by atoms with Gasteiger partial charge in [0.2, 0.25) is 0 Å². The topological polar surface area (TPSA) is 67.0 Å². The Hall–Kier alpha value is -2.37. The van der Waals surface area contributed by atoms with E-state index in [1.54, 1.807) is 0 Å². The quantitative estimate of drug-likeness (QED) is 0.852. The molecule has 2 aromatic rings. The van der Waals surface area contributed by atoms with Crippen LogP contribution in [0.15, 0.2) is 30.6 Å². The standard InChI is InChI=1S/C11H10FN3O2/c1-17-9-4-2-3-8(12)10(9)11(16)15-7-5-13-14-6-7/h2-6H,1H3,(H,13,14)(H,15,16). The van der Waals surface area contributed by atoms with Gasteiger partial charge in [0, 0.05) is 6.20 Å². The molecule has 0 bridgehead atoms. The molecule has 6 heteroatoms. The van der Waals surface area contributed by atoms with Gasteiger partial charge >= 0.3 is 0 Å². The maximum atomic E-state index is 13.6. The highest BCUT2D eigenvalue weighted by Gasteiger charge is 2.17. The third-order valence-electron chi connectivity index (χ3n) is 2.18. The van der Waals surface area contributed by atoms with Crippen molar-refractivity contribution in [3.8, 4) is 5.75 Å². The van der Waals surface area contributed by atoms with Crippen LogP contribution in [-0.4, -0.2) is 23.2 Å². The van der Waals surface area contributed by atoms with Crippen molar-refractivity contribution < 1.29 is 13.9 Å². The van der Waals surface area contributed by atoms with Crippen molar-refractivity contribution in [1.29, 1.82) is 0 Å². The van der Waals surface area contributed by atoms with Gasteiger partial charge in [-0.2, -0.15) is 5.10 Å². The van der Waals surface area contributed by atoms with Crippen LogP contribution in [0.2, 0.25) is 0 Å². The number of halogens is 1. The van der Waals surface area contributed by atoms with Gasteiger partial charge < -0.3 is 10.1 Å². The molecule has 1 amide bonds. The van der Waals surface area contributed by atoms with E-state index < -0.39 is 11.7 Å². The average Bonchev–Trinajstić information content (AvgIpc) is 2.81. The number of carbonyl (C=O) groups is 1. The van der Waals surface area contributed by atoms with Crippen LogP contribution in [0.5, 0.6) is 5.75 Å². The fourth-order valence-electron chi connectivity index (χ4n) is 1.41. The summed E-state index contributed by atoms with van der Waals surface area (Å²) in [4.78, 5) is 11.8. The Labute approximate surface area is 96.6 Å². The molecule has 0 fully saturated rings. The minimum absolute atomic E-state index is 0.129. The molecule has 0 unspecified atom stereocenters. The fraction of sp³-hybridized carbons (Fsp3) is 0.0909. The molecule has 0 saturated heterocycles. The molecular formula is C11H10FN3O2. The van der Waals surface area contributed by atoms with Crippen LogP contribution in [0.4, 0.5) is 10.1 Å². The molecule has 1 aromatic heterocycles. The Bertz CT molecular complexity index is 526. The lowest BCUT2D eigenvalue weighted by Gasteiger charge is -2.08. The van der Waals surface area contributed by atoms with Gasteiger partial charge in [-0.15, -0.1) is 0 Å². The summed E-state index contributed by atoms with van der Waals surface area (Å²) in [6.07, 6.45) is 2.91.